The van der Waals surface area contributed by atoms with Gasteiger partial charge >= 0.3 is 16.9 Å². The van der Waals surface area contributed by atoms with Crippen LogP contribution >= 0.6 is 0 Å². The van der Waals surface area contributed by atoms with Crippen LogP contribution in [0.15, 0.2) is 70.3 Å². The topological polar surface area (TPSA) is 87.1 Å². The summed E-state index contributed by atoms with van der Waals surface area (Å²) < 4.78 is 2.31. The number of hydrogen-bond donors (Lipinski definition) is 0. The van der Waals surface area contributed by atoms with Gasteiger partial charge in [0.1, 0.15) is 5.69 Å². The Morgan fingerprint density at radius 3 is 1.75 bits per heavy atom. The van der Waals surface area contributed by atoms with Gasteiger partial charge in [0, 0.05) is 13.1 Å². The molecule has 0 atom stereocenters. The molecule has 0 saturated carbocycles. The van der Waals surface area contributed by atoms with E-state index >= 15 is 0 Å². The van der Waals surface area contributed by atoms with Gasteiger partial charge in [-0.2, -0.15) is 0 Å². The first-order chi connectivity index (χ1) is 13.5. The van der Waals surface area contributed by atoms with E-state index in [1.807, 2.05) is 60.7 Å². The van der Waals surface area contributed by atoms with Crippen LogP contribution in [0.3, 0.4) is 0 Å². The van der Waals surface area contributed by atoms with E-state index < -0.39 is 21.9 Å². The second kappa shape index (κ2) is 8.47. The van der Waals surface area contributed by atoms with Crippen molar-refractivity contribution in [1.82, 2.24) is 9.13 Å². The van der Waals surface area contributed by atoms with Crippen molar-refractivity contribution >= 4 is 5.69 Å². The number of aromatic nitrogens is 2. The van der Waals surface area contributed by atoms with Crippen LogP contribution in [0.25, 0.3) is 0 Å². The Kier molecular flexibility index (Phi) is 5.84. The number of hydrogen-bond acceptors (Lipinski definition) is 4. The molecular weight excluding hydrogens is 358 g/mol. The molecule has 7 heteroatoms. The Hall–Kier alpha value is -3.48. The van der Waals surface area contributed by atoms with Crippen molar-refractivity contribution in [3.8, 4) is 0 Å². The molecule has 2 aromatic carbocycles. The first kappa shape index (κ1) is 19.3. The Morgan fingerprint density at radius 1 is 0.821 bits per heavy atom. The summed E-state index contributed by atoms with van der Waals surface area (Å²) in [5, 5.41) is 11.5. The molecule has 0 saturated heterocycles. The van der Waals surface area contributed by atoms with Crippen LogP contribution in [0.4, 0.5) is 5.69 Å². The summed E-state index contributed by atoms with van der Waals surface area (Å²) in [6.45, 7) is 1.81. The summed E-state index contributed by atoms with van der Waals surface area (Å²) in [5.41, 5.74) is 0.151. The highest BCUT2D eigenvalue weighted by Crippen LogP contribution is 2.11. The molecule has 1 heterocycles. The van der Waals surface area contributed by atoms with E-state index in [2.05, 4.69) is 0 Å². The third-order valence-corrected chi connectivity index (χ3v) is 4.77. The molecule has 0 aliphatic rings. The zero-order chi connectivity index (χ0) is 20.1. The summed E-state index contributed by atoms with van der Waals surface area (Å²) in [6.07, 6.45) is 0.977. The van der Waals surface area contributed by atoms with Crippen molar-refractivity contribution in [1.29, 1.82) is 0 Å². The first-order valence-corrected chi connectivity index (χ1v) is 9.05. The molecule has 0 fully saturated rings. The second-order valence-corrected chi connectivity index (χ2v) is 6.55. The number of rotatable bonds is 7. The van der Waals surface area contributed by atoms with Gasteiger partial charge in [-0.15, -0.1) is 0 Å². The lowest BCUT2D eigenvalue weighted by molar-refractivity contribution is -0.387. The van der Waals surface area contributed by atoms with Crippen molar-refractivity contribution in [2.24, 2.45) is 0 Å². The highest BCUT2D eigenvalue weighted by Gasteiger charge is 2.24. The molecule has 0 radical (unpaired) electrons. The Morgan fingerprint density at radius 2 is 1.29 bits per heavy atom. The molecule has 0 aliphatic carbocycles. The smallest absolute Gasteiger partial charge is 0.291 e. The molecule has 28 heavy (non-hydrogen) atoms. The second-order valence-electron chi connectivity index (χ2n) is 6.55. The van der Waals surface area contributed by atoms with Gasteiger partial charge in [0.25, 0.3) is 0 Å². The highest BCUT2D eigenvalue weighted by molar-refractivity contribution is 5.32. The lowest BCUT2D eigenvalue weighted by Gasteiger charge is -2.14. The molecular formula is C21H21N3O4. The molecule has 144 valence electrons. The van der Waals surface area contributed by atoms with Gasteiger partial charge in [0.2, 0.25) is 0 Å². The van der Waals surface area contributed by atoms with Crippen molar-refractivity contribution in [2.45, 2.75) is 32.9 Å². The standard InChI is InChI=1S/C21H21N3O4/c1-16-19(24(27)28)20(25)23(15-13-18-10-6-3-7-11-18)21(26)22(16)14-12-17-8-4-2-5-9-17/h2-11H,12-15H2,1H3. The van der Waals surface area contributed by atoms with Gasteiger partial charge < -0.3 is 0 Å². The maximum absolute atomic E-state index is 12.9. The molecule has 1 aromatic heterocycles. The Bertz CT molecular complexity index is 1090. The minimum Gasteiger partial charge on any atom is -0.291 e. The first-order valence-electron chi connectivity index (χ1n) is 9.05. The lowest BCUT2D eigenvalue weighted by Crippen LogP contribution is -2.42. The predicted octanol–water partition coefficient (Wildman–Crippen LogP) is 2.71. The summed E-state index contributed by atoms with van der Waals surface area (Å²) in [5.74, 6) is 0. The van der Waals surface area contributed by atoms with Crippen LogP contribution in [-0.4, -0.2) is 14.1 Å². The minimum atomic E-state index is -0.848. The molecule has 0 spiro atoms. The van der Waals surface area contributed by atoms with E-state index in [-0.39, 0.29) is 18.8 Å². The van der Waals surface area contributed by atoms with Crippen LogP contribution in [0.2, 0.25) is 0 Å². The van der Waals surface area contributed by atoms with Crippen molar-refractivity contribution in [2.75, 3.05) is 0 Å². The summed E-state index contributed by atoms with van der Waals surface area (Å²) in [4.78, 5) is 36.3. The summed E-state index contributed by atoms with van der Waals surface area (Å²) >= 11 is 0. The van der Waals surface area contributed by atoms with Crippen molar-refractivity contribution < 1.29 is 4.92 Å². The third kappa shape index (κ3) is 4.09. The summed E-state index contributed by atoms with van der Waals surface area (Å²) in [7, 11) is 0. The molecule has 7 nitrogen and oxygen atoms in total. The molecule has 0 unspecified atom stereocenters. The fourth-order valence-electron chi connectivity index (χ4n) is 3.23. The molecule has 0 amide bonds. The molecule has 0 bridgehead atoms. The minimum absolute atomic E-state index is 0.0897. The number of aryl methyl sites for hydroxylation is 2. The fraction of sp³-hybridized carbons (Fsp3) is 0.238. The van der Waals surface area contributed by atoms with E-state index in [1.165, 1.54) is 11.5 Å². The average Bonchev–Trinajstić information content (AvgIpc) is 2.69. The average molecular weight is 379 g/mol. The van der Waals surface area contributed by atoms with Gasteiger partial charge in [-0.1, -0.05) is 60.7 Å². The van der Waals surface area contributed by atoms with E-state index in [1.54, 1.807) is 0 Å². The highest BCUT2D eigenvalue weighted by atomic mass is 16.6. The quantitative estimate of drug-likeness (QED) is 0.466. The number of nitrogens with zero attached hydrogens (tertiary/aromatic N) is 3. The Labute approximate surface area is 161 Å². The van der Waals surface area contributed by atoms with E-state index in [0.29, 0.717) is 12.8 Å². The van der Waals surface area contributed by atoms with Gasteiger partial charge in [0.15, 0.2) is 0 Å². The fourth-order valence-corrected chi connectivity index (χ4v) is 3.23. The predicted molar refractivity (Wildman–Crippen MR) is 107 cm³/mol. The van der Waals surface area contributed by atoms with Crippen LogP contribution in [0.1, 0.15) is 16.8 Å². The van der Waals surface area contributed by atoms with E-state index in [0.717, 1.165) is 15.7 Å². The molecule has 0 N–H and O–H groups in total. The van der Waals surface area contributed by atoms with Crippen molar-refractivity contribution in [3.63, 3.8) is 0 Å². The van der Waals surface area contributed by atoms with Crippen LogP contribution in [0, 0.1) is 17.0 Å². The monoisotopic (exact) mass is 379 g/mol. The maximum Gasteiger partial charge on any atom is 0.353 e. The van der Waals surface area contributed by atoms with Crippen LogP contribution < -0.4 is 11.2 Å². The van der Waals surface area contributed by atoms with E-state index in [4.69, 9.17) is 0 Å². The molecule has 3 rings (SSSR count). The number of nitro groups is 1. The van der Waals surface area contributed by atoms with Gasteiger partial charge in [-0.05, 0) is 30.9 Å². The SMILES string of the molecule is Cc1c([N+](=O)[O-])c(=O)n(CCc2ccccc2)c(=O)n1CCc1ccccc1. The zero-order valence-electron chi connectivity index (χ0n) is 15.6. The largest absolute Gasteiger partial charge is 0.353 e. The zero-order valence-corrected chi connectivity index (χ0v) is 15.6. The number of benzene rings is 2. The molecule has 3 aromatic rings. The normalized spacial score (nSPS) is 10.8. The molecule has 0 aliphatic heterocycles. The van der Waals surface area contributed by atoms with Gasteiger partial charge in [-0.3, -0.25) is 24.0 Å². The maximum atomic E-state index is 12.9. The van der Waals surface area contributed by atoms with Crippen LogP contribution in [-0.2, 0) is 25.9 Å². The lowest BCUT2D eigenvalue weighted by atomic mass is 10.1. The summed E-state index contributed by atoms with van der Waals surface area (Å²) in [6, 6.07) is 19.0. The van der Waals surface area contributed by atoms with Crippen molar-refractivity contribution in [3.05, 3.63) is 108 Å². The Balaban J connectivity index is 1.98. The van der Waals surface area contributed by atoms with Gasteiger partial charge in [0.05, 0.1) is 4.92 Å². The van der Waals surface area contributed by atoms with E-state index in [9.17, 15) is 19.7 Å². The third-order valence-electron chi connectivity index (χ3n) is 4.77. The van der Waals surface area contributed by atoms with Crippen LogP contribution in [0.5, 0.6) is 0 Å². The van der Waals surface area contributed by atoms with Gasteiger partial charge in [-0.25, -0.2) is 4.79 Å².